The molecule has 0 aliphatic carbocycles. The van der Waals surface area contributed by atoms with Gasteiger partial charge in [-0.2, -0.15) is 0 Å². The van der Waals surface area contributed by atoms with Gasteiger partial charge in [0.25, 0.3) is 5.91 Å². The minimum absolute atomic E-state index is 0.341. The zero-order valence-electron chi connectivity index (χ0n) is 10.5. The Balaban J connectivity index is 2.20. The van der Waals surface area contributed by atoms with E-state index in [1.165, 1.54) is 0 Å². The van der Waals surface area contributed by atoms with Crippen molar-refractivity contribution in [1.82, 2.24) is 5.32 Å². The van der Waals surface area contributed by atoms with Gasteiger partial charge in [0.05, 0.1) is 18.2 Å². The molecule has 0 spiro atoms. The normalized spacial score (nSPS) is 11.9. The van der Waals surface area contributed by atoms with Gasteiger partial charge in [-0.15, -0.1) is 0 Å². The fraction of sp³-hybridized carbons (Fsp3) is 0.133. The van der Waals surface area contributed by atoms with Crippen molar-refractivity contribution in [3.05, 3.63) is 71.3 Å². The number of aliphatic hydroxyl groups is 1. The summed E-state index contributed by atoms with van der Waals surface area (Å²) in [6.45, 7) is -0.341. The molecule has 104 valence electrons. The highest BCUT2D eigenvalue weighted by atomic mass is 19.1. The van der Waals surface area contributed by atoms with Crippen LogP contribution in [0.5, 0.6) is 0 Å². The minimum Gasteiger partial charge on any atom is -0.394 e. The summed E-state index contributed by atoms with van der Waals surface area (Å²) < 4.78 is 26.5. The lowest BCUT2D eigenvalue weighted by Crippen LogP contribution is -2.31. The van der Waals surface area contributed by atoms with Crippen molar-refractivity contribution in [1.29, 1.82) is 0 Å². The van der Waals surface area contributed by atoms with Crippen LogP contribution in [0.15, 0.2) is 48.5 Å². The van der Waals surface area contributed by atoms with Crippen LogP contribution < -0.4 is 5.32 Å². The van der Waals surface area contributed by atoms with E-state index in [1.54, 1.807) is 30.3 Å². The summed E-state index contributed by atoms with van der Waals surface area (Å²) >= 11 is 0. The molecular weight excluding hydrogens is 264 g/mol. The van der Waals surface area contributed by atoms with Crippen LogP contribution >= 0.6 is 0 Å². The first kappa shape index (κ1) is 14.1. The van der Waals surface area contributed by atoms with E-state index in [2.05, 4.69) is 5.32 Å². The first-order valence-corrected chi connectivity index (χ1v) is 6.03. The van der Waals surface area contributed by atoms with Crippen molar-refractivity contribution in [2.45, 2.75) is 6.04 Å². The molecule has 0 bridgehead atoms. The quantitative estimate of drug-likeness (QED) is 0.901. The van der Waals surface area contributed by atoms with Gasteiger partial charge in [0, 0.05) is 0 Å². The number of halogens is 2. The molecule has 1 amide bonds. The monoisotopic (exact) mass is 277 g/mol. The van der Waals surface area contributed by atoms with E-state index in [-0.39, 0.29) is 12.2 Å². The lowest BCUT2D eigenvalue weighted by molar-refractivity contribution is 0.0911. The van der Waals surface area contributed by atoms with Gasteiger partial charge in [-0.3, -0.25) is 4.79 Å². The topological polar surface area (TPSA) is 49.3 Å². The van der Waals surface area contributed by atoms with Crippen LogP contribution in [0.2, 0.25) is 0 Å². The van der Waals surface area contributed by atoms with Gasteiger partial charge in [0.1, 0.15) is 11.6 Å². The summed E-state index contributed by atoms with van der Waals surface area (Å²) in [6.07, 6.45) is 0. The van der Waals surface area contributed by atoms with Crippen molar-refractivity contribution in [2.75, 3.05) is 6.61 Å². The smallest absolute Gasteiger partial charge is 0.254 e. The standard InChI is InChI=1S/C15H13F2NO2/c16-11-6-7-13(17)12(8-11)15(20)18-14(9-19)10-4-2-1-3-5-10/h1-8,14,19H,9H2,(H,18,20). The Kier molecular flexibility index (Phi) is 4.42. The van der Waals surface area contributed by atoms with E-state index >= 15 is 0 Å². The second-order valence-electron chi connectivity index (χ2n) is 4.24. The molecule has 20 heavy (non-hydrogen) atoms. The molecule has 1 unspecified atom stereocenters. The Morgan fingerprint density at radius 1 is 1.15 bits per heavy atom. The third-order valence-electron chi connectivity index (χ3n) is 2.86. The van der Waals surface area contributed by atoms with Gasteiger partial charge >= 0.3 is 0 Å². The van der Waals surface area contributed by atoms with E-state index in [0.29, 0.717) is 5.56 Å². The van der Waals surface area contributed by atoms with Gasteiger partial charge in [-0.05, 0) is 23.8 Å². The van der Waals surface area contributed by atoms with Gasteiger partial charge in [-0.25, -0.2) is 8.78 Å². The first-order chi connectivity index (χ1) is 9.61. The number of carbonyl (C=O) groups excluding carboxylic acids is 1. The Morgan fingerprint density at radius 2 is 1.85 bits per heavy atom. The van der Waals surface area contributed by atoms with Gasteiger partial charge in [-0.1, -0.05) is 30.3 Å². The highest BCUT2D eigenvalue weighted by Gasteiger charge is 2.18. The third kappa shape index (κ3) is 3.19. The Bertz CT molecular complexity index is 602. The molecule has 5 heteroatoms. The van der Waals surface area contributed by atoms with E-state index < -0.39 is 23.6 Å². The van der Waals surface area contributed by atoms with E-state index in [1.807, 2.05) is 0 Å². The molecule has 0 saturated heterocycles. The molecule has 2 aromatic rings. The average molecular weight is 277 g/mol. The summed E-state index contributed by atoms with van der Waals surface area (Å²) in [4.78, 5) is 11.9. The maximum absolute atomic E-state index is 13.5. The molecule has 2 aromatic carbocycles. The molecular formula is C15H13F2NO2. The first-order valence-electron chi connectivity index (χ1n) is 6.03. The predicted molar refractivity (Wildman–Crippen MR) is 70.1 cm³/mol. The van der Waals surface area contributed by atoms with Crippen molar-refractivity contribution in [3.8, 4) is 0 Å². The highest BCUT2D eigenvalue weighted by molar-refractivity contribution is 5.94. The van der Waals surface area contributed by atoms with Crippen molar-refractivity contribution >= 4 is 5.91 Å². The number of hydrogen-bond acceptors (Lipinski definition) is 2. The van der Waals surface area contributed by atoms with Crippen LogP contribution in [0.4, 0.5) is 8.78 Å². The lowest BCUT2D eigenvalue weighted by Gasteiger charge is -2.17. The van der Waals surface area contributed by atoms with Crippen LogP contribution in [-0.2, 0) is 0 Å². The molecule has 2 rings (SSSR count). The number of carbonyl (C=O) groups is 1. The van der Waals surface area contributed by atoms with E-state index in [4.69, 9.17) is 0 Å². The maximum atomic E-state index is 13.5. The van der Waals surface area contributed by atoms with Crippen molar-refractivity contribution in [3.63, 3.8) is 0 Å². The van der Waals surface area contributed by atoms with Crippen LogP contribution in [0.3, 0.4) is 0 Å². The molecule has 0 aliphatic rings. The summed E-state index contributed by atoms with van der Waals surface area (Å²) in [7, 11) is 0. The summed E-state index contributed by atoms with van der Waals surface area (Å²) in [5.41, 5.74) is 0.291. The molecule has 0 heterocycles. The van der Waals surface area contributed by atoms with Gasteiger partial charge in [0.15, 0.2) is 0 Å². The summed E-state index contributed by atoms with van der Waals surface area (Å²) in [5, 5.41) is 11.8. The fourth-order valence-corrected chi connectivity index (χ4v) is 1.83. The van der Waals surface area contributed by atoms with Crippen LogP contribution in [0.25, 0.3) is 0 Å². The summed E-state index contributed by atoms with van der Waals surface area (Å²) in [6, 6.07) is 10.7. The number of amides is 1. The predicted octanol–water partition coefficient (Wildman–Crippen LogP) is 2.43. The van der Waals surface area contributed by atoms with Crippen molar-refractivity contribution < 1.29 is 18.7 Å². The third-order valence-corrected chi connectivity index (χ3v) is 2.86. The number of rotatable bonds is 4. The molecule has 0 radical (unpaired) electrons. The second-order valence-corrected chi connectivity index (χ2v) is 4.24. The Morgan fingerprint density at radius 3 is 2.50 bits per heavy atom. The second kappa shape index (κ2) is 6.25. The Hall–Kier alpha value is -2.27. The zero-order chi connectivity index (χ0) is 14.5. The molecule has 2 N–H and O–H groups in total. The molecule has 0 fully saturated rings. The van der Waals surface area contributed by atoms with Crippen LogP contribution in [0, 0.1) is 11.6 Å². The van der Waals surface area contributed by atoms with Crippen LogP contribution in [-0.4, -0.2) is 17.6 Å². The highest BCUT2D eigenvalue weighted by Crippen LogP contribution is 2.15. The van der Waals surface area contributed by atoms with Gasteiger partial charge in [0.2, 0.25) is 0 Å². The molecule has 0 aliphatic heterocycles. The van der Waals surface area contributed by atoms with E-state index in [0.717, 1.165) is 18.2 Å². The Labute approximate surface area is 114 Å². The van der Waals surface area contributed by atoms with Crippen molar-refractivity contribution in [2.24, 2.45) is 0 Å². The number of benzene rings is 2. The van der Waals surface area contributed by atoms with Crippen LogP contribution in [0.1, 0.15) is 22.0 Å². The lowest BCUT2D eigenvalue weighted by atomic mass is 10.1. The average Bonchev–Trinajstić information content (AvgIpc) is 2.48. The summed E-state index contributed by atoms with van der Waals surface area (Å²) in [5.74, 6) is -2.28. The number of aliphatic hydroxyl groups excluding tert-OH is 1. The van der Waals surface area contributed by atoms with E-state index in [9.17, 15) is 18.7 Å². The zero-order valence-corrected chi connectivity index (χ0v) is 10.5. The minimum atomic E-state index is -0.811. The fourth-order valence-electron chi connectivity index (χ4n) is 1.83. The maximum Gasteiger partial charge on any atom is 0.254 e. The van der Waals surface area contributed by atoms with Gasteiger partial charge < -0.3 is 10.4 Å². The molecule has 0 saturated carbocycles. The SMILES string of the molecule is O=C(NC(CO)c1ccccc1)c1cc(F)ccc1F. The largest absolute Gasteiger partial charge is 0.394 e. The molecule has 0 aromatic heterocycles. The molecule has 3 nitrogen and oxygen atoms in total. The number of hydrogen-bond donors (Lipinski definition) is 2. The molecule has 1 atom stereocenters. The number of nitrogens with one attached hydrogen (secondary N) is 1.